The Hall–Kier alpha value is -6.16. The van der Waals surface area contributed by atoms with Gasteiger partial charge in [0.2, 0.25) is 35.4 Å². The Morgan fingerprint density at radius 2 is 1.49 bits per heavy atom. The van der Waals surface area contributed by atoms with Gasteiger partial charge in [-0.05, 0) is 101 Å². The lowest BCUT2D eigenvalue weighted by Crippen LogP contribution is -2.62. The van der Waals surface area contributed by atoms with E-state index in [0.717, 1.165) is 0 Å². The number of Topliss-reactive ketones (excluding diaryl/α,β-unsaturated/α-hetero) is 1. The van der Waals surface area contributed by atoms with Crippen LogP contribution in [0.15, 0.2) is 24.3 Å². The number of cyclic esters (lactones) is 2. The Morgan fingerprint density at radius 1 is 0.861 bits per heavy atom. The molecule has 0 aromatic heterocycles. The van der Waals surface area contributed by atoms with E-state index in [1.54, 1.807) is 52.0 Å². The van der Waals surface area contributed by atoms with Crippen molar-refractivity contribution in [2.24, 2.45) is 29.6 Å². The normalized spacial score (nSPS) is 27.7. The maximum atomic E-state index is 15.0. The van der Waals surface area contributed by atoms with Crippen LogP contribution in [0.25, 0.3) is 0 Å². The third kappa shape index (κ3) is 16.9. The number of hydrogen-bond acceptors (Lipinski definition) is 15. The predicted molar refractivity (Wildman–Crippen MR) is 290 cm³/mol. The number of rotatable bonds is 15. The first-order valence-corrected chi connectivity index (χ1v) is 28.0. The van der Waals surface area contributed by atoms with E-state index in [-0.39, 0.29) is 57.0 Å². The van der Waals surface area contributed by atoms with E-state index in [2.05, 4.69) is 16.0 Å². The third-order valence-corrected chi connectivity index (χ3v) is 15.5. The number of amides is 7. The molecule has 0 spiro atoms. The van der Waals surface area contributed by atoms with E-state index in [1.807, 2.05) is 27.7 Å². The zero-order valence-corrected chi connectivity index (χ0v) is 48.8. The lowest BCUT2D eigenvalue weighted by atomic mass is 9.91. The Balaban J connectivity index is 1.89. The van der Waals surface area contributed by atoms with Crippen molar-refractivity contribution >= 4 is 59.1 Å². The number of aliphatic hydroxyl groups is 2. The van der Waals surface area contributed by atoms with Crippen LogP contribution in [0.5, 0.6) is 5.75 Å². The summed E-state index contributed by atoms with van der Waals surface area (Å²) in [6, 6.07) is -2.19. The number of esters is 2. The molecule has 1 aromatic carbocycles. The highest BCUT2D eigenvalue weighted by Crippen LogP contribution is 2.27. The van der Waals surface area contributed by atoms with Crippen LogP contribution < -0.4 is 20.7 Å². The zero-order valence-electron chi connectivity index (χ0n) is 48.8. The van der Waals surface area contributed by atoms with Crippen molar-refractivity contribution in [1.82, 2.24) is 35.6 Å². The highest BCUT2D eigenvalue weighted by molar-refractivity contribution is 6.05. The molecule has 3 aliphatic heterocycles. The fourth-order valence-corrected chi connectivity index (χ4v) is 10.5. The molecule has 5 N–H and O–H groups in total. The van der Waals surface area contributed by atoms with E-state index in [0.29, 0.717) is 30.6 Å². The summed E-state index contributed by atoms with van der Waals surface area (Å²) in [5.41, 5.74) is 0.571. The molecule has 0 aliphatic carbocycles. The molecule has 3 saturated heterocycles. The molecule has 22 nitrogen and oxygen atoms in total. The summed E-state index contributed by atoms with van der Waals surface area (Å²) in [7, 11) is 4.29. The van der Waals surface area contributed by atoms with Crippen molar-refractivity contribution in [1.29, 1.82) is 0 Å². The largest absolute Gasteiger partial charge is 0.497 e. The number of benzene rings is 1. The van der Waals surface area contributed by atoms with Gasteiger partial charge in [-0.2, -0.15) is 0 Å². The van der Waals surface area contributed by atoms with E-state index < -0.39 is 150 Å². The third-order valence-electron chi connectivity index (χ3n) is 15.5. The first kappa shape index (κ1) is 65.4. The van der Waals surface area contributed by atoms with Gasteiger partial charge in [-0.3, -0.25) is 43.2 Å². The molecule has 79 heavy (non-hydrogen) atoms. The molecule has 0 saturated carbocycles. The van der Waals surface area contributed by atoms with Gasteiger partial charge in [0, 0.05) is 33.6 Å². The smallest absolute Gasteiger partial charge is 0.329 e. The second-order valence-electron chi connectivity index (χ2n) is 23.0. The maximum absolute atomic E-state index is 15.0. The number of aliphatic hydroxyl groups excluding tert-OH is 2. The Morgan fingerprint density at radius 3 is 2.06 bits per heavy atom. The molecule has 22 heteroatoms. The van der Waals surface area contributed by atoms with E-state index in [1.165, 1.54) is 61.6 Å². The number of likely N-dealkylation sites (N-methyl/N-ethyl adjacent to an activating group) is 2. The van der Waals surface area contributed by atoms with Gasteiger partial charge in [-0.25, -0.2) is 4.79 Å². The first-order valence-electron chi connectivity index (χ1n) is 28.0. The summed E-state index contributed by atoms with van der Waals surface area (Å²) in [6.07, 6.45) is -4.99. The number of methoxy groups -OCH3 is 1. The van der Waals surface area contributed by atoms with Gasteiger partial charge in [0.15, 0.2) is 11.9 Å². The molecule has 3 heterocycles. The minimum atomic E-state index is -1.76. The summed E-state index contributed by atoms with van der Waals surface area (Å²) >= 11 is 0. The second kappa shape index (κ2) is 29.3. The van der Waals surface area contributed by atoms with Gasteiger partial charge in [-0.1, -0.05) is 73.9 Å². The maximum Gasteiger partial charge on any atom is 0.329 e. The van der Waals surface area contributed by atoms with E-state index >= 15 is 4.79 Å². The molecule has 1 aromatic rings. The van der Waals surface area contributed by atoms with Crippen molar-refractivity contribution in [3.63, 3.8) is 0 Å². The van der Waals surface area contributed by atoms with Crippen LogP contribution in [0.4, 0.5) is 0 Å². The first-order chi connectivity index (χ1) is 37.0. The number of likely N-dealkylation sites (tertiary alicyclic amines) is 1. The van der Waals surface area contributed by atoms with Gasteiger partial charge in [-0.15, -0.1) is 0 Å². The molecular formula is C57H89N7O15. The summed E-state index contributed by atoms with van der Waals surface area (Å²) < 4.78 is 17.2. The minimum Gasteiger partial charge on any atom is -0.497 e. The molecule has 0 radical (unpaired) electrons. The Bertz CT molecular complexity index is 2330. The lowest BCUT2D eigenvalue weighted by molar-refractivity contribution is -0.163. The number of ether oxygens (including phenoxy) is 3. The molecule has 4 rings (SSSR count). The fraction of sp³-hybridized carbons (Fsp3) is 0.719. The number of fused-ring (bicyclic) bond motifs is 1. The molecule has 3 fully saturated rings. The van der Waals surface area contributed by atoms with Crippen LogP contribution in [0.1, 0.15) is 133 Å². The van der Waals surface area contributed by atoms with Crippen LogP contribution in [-0.4, -0.2) is 190 Å². The number of carbonyl (C=O) groups excluding carboxylic acids is 10. The van der Waals surface area contributed by atoms with Gasteiger partial charge < -0.3 is 60.0 Å². The van der Waals surface area contributed by atoms with E-state index in [4.69, 9.17) is 14.2 Å². The van der Waals surface area contributed by atoms with Gasteiger partial charge >= 0.3 is 11.9 Å². The van der Waals surface area contributed by atoms with Crippen molar-refractivity contribution in [2.75, 3.05) is 34.3 Å². The van der Waals surface area contributed by atoms with Crippen LogP contribution in [-0.2, 0) is 63.8 Å². The molecule has 0 unspecified atom stereocenters. The highest BCUT2D eigenvalue weighted by Gasteiger charge is 2.46. The lowest BCUT2D eigenvalue weighted by Gasteiger charge is -2.36. The van der Waals surface area contributed by atoms with Gasteiger partial charge in [0.05, 0.1) is 31.6 Å². The number of nitrogens with zero attached hydrogens (tertiary/aromatic N) is 4. The van der Waals surface area contributed by atoms with Crippen LogP contribution in [0, 0.1) is 29.6 Å². The van der Waals surface area contributed by atoms with Gasteiger partial charge in [0.25, 0.3) is 5.91 Å². The SMILES string of the molecule is CC[C@H](C)[C@H]1NC(=O)[C@H](NC(=O)[C@@H](CC(C)C)N(C)C(=O)[C@@H]2CCCN2C(=O)[C@H](C)O)[C@H](C)OC(=O)[C@H](Cc2ccc(OC)cc2)N(C)C(=O)[C@@H]2CCCN2C(=O)[C@H](CC(C)C)NC(=O)[C@H](C)C(=O)[C@H](C(C)C)OC(=O)C[C@@H]1O. The van der Waals surface area contributed by atoms with Crippen LogP contribution in [0.3, 0.4) is 0 Å². The zero-order chi connectivity index (χ0) is 59.3. The number of ketones is 1. The Kier molecular flexibility index (Phi) is 24.3. The molecule has 442 valence electrons. The minimum absolute atomic E-state index is 0.0720. The van der Waals surface area contributed by atoms with Crippen molar-refractivity contribution in [3.05, 3.63) is 29.8 Å². The molecule has 13 atom stereocenters. The van der Waals surface area contributed by atoms with Crippen LogP contribution >= 0.6 is 0 Å². The van der Waals surface area contributed by atoms with Gasteiger partial charge in [0.1, 0.15) is 54.2 Å². The van der Waals surface area contributed by atoms with Crippen molar-refractivity contribution in [2.45, 2.75) is 201 Å². The topological polar surface area (TPSA) is 288 Å². The molecule has 0 bridgehead atoms. The number of nitrogens with one attached hydrogen (secondary N) is 3. The molecule has 7 amide bonds. The molecular weight excluding hydrogens is 1020 g/mol. The molecule has 3 aliphatic rings. The second-order valence-corrected chi connectivity index (χ2v) is 23.0. The standard InChI is InChI=1S/C57H89N7O15/c1-15-33(8)46-44(66)29-45(67)79-49(32(6)7)48(68)34(9)50(69)58-39(26-30(2)3)54(73)64-25-17-19-41(64)56(75)62(13)43(28-37-20-22-38(77-14)23-21-37)57(76)78-36(11)47(52(71)59-46)60-51(70)42(27-31(4)5)61(12)55(74)40-18-16-24-63(40)53(72)35(10)65/h20-23,30-36,39-44,46-47,49,65-66H,15-19,24-29H2,1-14H3,(H,58,69)(H,59,71)(H,60,70)/t33-,34+,35-,36-,39-,40-,41-,42+,43-,44-,46+,47+,49-/m0/s1. The Labute approximate surface area is 465 Å². The average Bonchev–Trinajstić information content (AvgIpc) is 4.13. The summed E-state index contributed by atoms with van der Waals surface area (Å²) in [5, 5.41) is 30.2. The van der Waals surface area contributed by atoms with E-state index in [9.17, 15) is 53.4 Å². The number of hydrogen-bond donors (Lipinski definition) is 5. The highest BCUT2D eigenvalue weighted by atomic mass is 16.6. The predicted octanol–water partition coefficient (Wildman–Crippen LogP) is 2.32. The quantitative estimate of drug-likeness (QED) is 0.124. The average molecular weight is 1110 g/mol. The fourth-order valence-electron chi connectivity index (χ4n) is 10.5. The summed E-state index contributed by atoms with van der Waals surface area (Å²) in [5.74, 6) is -10.3. The monoisotopic (exact) mass is 1110 g/mol. The summed E-state index contributed by atoms with van der Waals surface area (Å²) in [6.45, 7) is 18.4. The number of carbonyl (C=O) groups is 10. The summed E-state index contributed by atoms with van der Waals surface area (Å²) in [4.78, 5) is 149. The van der Waals surface area contributed by atoms with Crippen LogP contribution in [0.2, 0.25) is 0 Å². The van der Waals surface area contributed by atoms with Crippen molar-refractivity contribution in [3.8, 4) is 5.75 Å². The van der Waals surface area contributed by atoms with Crippen molar-refractivity contribution < 1.29 is 72.4 Å².